The van der Waals surface area contributed by atoms with Crippen LogP contribution in [0.15, 0.2) is 0 Å². The molecule has 0 aliphatic heterocycles. The molecule has 0 atom stereocenters. The van der Waals surface area contributed by atoms with Gasteiger partial charge in [0.05, 0.1) is 6.26 Å². The van der Waals surface area contributed by atoms with Gasteiger partial charge < -0.3 is 5.32 Å². The van der Waals surface area contributed by atoms with Crippen molar-refractivity contribution < 1.29 is 13.2 Å². The molecule has 2 N–H and O–H groups in total. The van der Waals surface area contributed by atoms with Crippen LogP contribution < -0.4 is 10.0 Å². The molecule has 0 bridgehead atoms. The highest BCUT2D eigenvalue weighted by Gasteiger charge is 2.42. The van der Waals surface area contributed by atoms with E-state index >= 15 is 0 Å². The quantitative estimate of drug-likeness (QED) is 0.600. The number of sulfonamides is 1. The standard InChI is InChI=1S/C11H22N2O3S2/c1-10(2,13-18(3,15)16)7-12-9(14)6-11(8-17)4-5-11/h13,17H,4-8H2,1-3H3,(H,12,14). The third-order valence-corrected chi connectivity index (χ3v) is 4.61. The Morgan fingerprint density at radius 3 is 2.33 bits per heavy atom. The number of amides is 1. The molecule has 1 aliphatic carbocycles. The Morgan fingerprint density at radius 1 is 1.39 bits per heavy atom. The Kier molecular flexibility index (Phi) is 4.72. The van der Waals surface area contributed by atoms with Crippen molar-refractivity contribution in [2.24, 2.45) is 5.41 Å². The number of nitrogens with one attached hydrogen (secondary N) is 2. The van der Waals surface area contributed by atoms with Crippen molar-refractivity contribution in [2.75, 3.05) is 18.6 Å². The lowest BCUT2D eigenvalue weighted by molar-refractivity contribution is -0.122. The average molecular weight is 294 g/mol. The molecule has 1 saturated carbocycles. The van der Waals surface area contributed by atoms with Gasteiger partial charge in [0.25, 0.3) is 0 Å². The Bertz CT molecular complexity index is 414. The number of hydrogen-bond acceptors (Lipinski definition) is 4. The summed E-state index contributed by atoms with van der Waals surface area (Å²) < 4.78 is 24.8. The van der Waals surface area contributed by atoms with Crippen molar-refractivity contribution in [1.29, 1.82) is 0 Å². The Balaban J connectivity index is 2.38. The Hall–Kier alpha value is -0.270. The highest BCUT2D eigenvalue weighted by Crippen LogP contribution is 2.49. The third-order valence-electron chi connectivity index (χ3n) is 3.02. The van der Waals surface area contributed by atoms with Crippen molar-refractivity contribution in [1.82, 2.24) is 10.0 Å². The van der Waals surface area contributed by atoms with E-state index in [9.17, 15) is 13.2 Å². The summed E-state index contributed by atoms with van der Waals surface area (Å²) >= 11 is 4.25. The number of thiol groups is 1. The monoisotopic (exact) mass is 294 g/mol. The second-order valence-corrected chi connectivity index (χ2v) is 7.93. The molecule has 0 saturated heterocycles. The van der Waals surface area contributed by atoms with E-state index < -0.39 is 15.6 Å². The predicted octanol–water partition coefficient (Wildman–Crippen LogP) is 0.530. The van der Waals surface area contributed by atoms with E-state index in [1.54, 1.807) is 13.8 Å². The van der Waals surface area contributed by atoms with Crippen LogP contribution in [0.1, 0.15) is 33.1 Å². The van der Waals surface area contributed by atoms with Crippen LogP contribution in [0.3, 0.4) is 0 Å². The summed E-state index contributed by atoms with van der Waals surface area (Å²) in [7, 11) is -3.27. The number of rotatable bonds is 7. The van der Waals surface area contributed by atoms with Gasteiger partial charge in [-0.25, -0.2) is 13.1 Å². The SMILES string of the molecule is CC(C)(CNC(=O)CC1(CS)CC1)NS(C)(=O)=O. The van der Waals surface area contributed by atoms with Gasteiger partial charge in [0.15, 0.2) is 0 Å². The molecule has 0 aromatic carbocycles. The average Bonchev–Trinajstić information content (AvgIpc) is 2.92. The molecule has 106 valence electrons. The minimum Gasteiger partial charge on any atom is -0.354 e. The highest BCUT2D eigenvalue weighted by atomic mass is 32.2. The van der Waals surface area contributed by atoms with E-state index in [4.69, 9.17) is 0 Å². The molecule has 1 aliphatic rings. The molecule has 0 aromatic rings. The second kappa shape index (κ2) is 5.38. The van der Waals surface area contributed by atoms with Crippen LogP contribution in [0.25, 0.3) is 0 Å². The predicted molar refractivity (Wildman–Crippen MR) is 75.2 cm³/mol. The molecule has 18 heavy (non-hydrogen) atoms. The van der Waals surface area contributed by atoms with Gasteiger partial charge >= 0.3 is 0 Å². The largest absolute Gasteiger partial charge is 0.354 e. The lowest BCUT2D eigenvalue weighted by atomic mass is 10.0. The first-order valence-corrected chi connectivity index (χ1v) is 8.46. The zero-order valence-corrected chi connectivity index (χ0v) is 12.8. The summed E-state index contributed by atoms with van der Waals surface area (Å²) in [5.74, 6) is 0.690. The first-order valence-electron chi connectivity index (χ1n) is 5.94. The Morgan fingerprint density at radius 2 is 1.94 bits per heavy atom. The fourth-order valence-corrected chi connectivity index (χ4v) is 3.33. The van der Waals surface area contributed by atoms with E-state index in [2.05, 4.69) is 22.7 Å². The minimum atomic E-state index is -3.27. The van der Waals surface area contributed by atoms with Gasteiger partial charge in [0.2, 0.25) is 15.9 Å². The maximum Gasteiger partial charge on any atom is 0.220 e. The number of carbonyl (C=O) groups is 1. The van der Waals surface area contributed by atoms with Gasteiger partial charge in [0, 0.05) is 18.5 Å². The molecular weight excluding hydrogens is 272 g/mol. The molecule has 1 rings (SSSR count). The number of hydrogen-bond donors (Lipinski definition) is 3. The zero-order valence-electron chi connectivity index (χ0n) is 11.1. The molecule has 0 heterocycles. The van der Waals surface area contributed by atoms with Crippen LogP contribution in [0.5, 0.6) is 0 Å². The van der Waals surface area contributed by atoms with E-state index in [1.165, 1.54) is 0 Å². The lowest BCUT2D eigenvalue weighted by Gasteiger charge is -2.25. The third kappa shape index (κ3) is 5.58. The maximum absolute atomic E-state index is 11.7. The van der Waals surface area contributed by atoms with Crippen molar-refractivity contribution in [3.63, 3.8) is 0 Å². The van der Waals surface area contributed by atoms with Crippen LogP contribution in [-0.2, 0) is 14.8 Å². The van der Waals surface area contributed by atoms with Crippen LogP contribution in [0.2, 0.25) is 0 Å². The van der Waals surface area contributed by atoms with Crippen LogP contribution in [-0.4, -0.2) is 38.4 Å². The zero-order chi connectivity index (χ0) is 14.0. The molecule has 5 nitrogen and oxygen atoms in total. The molecule has 1 fully saturated rings. The highest BCUT2D eigenvalue weighted by molar-refractivity contribution is 7.88. The van der Waals surface area contributed by atoms with Crippen molar-refractivity contribution in [3.05, 3.63) is 0 Å². The number of carbonyl (C=O) groups excluding carboxylic acids is 1. The first-order chi connectivity index (χ1) is 8.08. The van der Waals surface area contributed by atoms with Crippen LogP contribution in [0, 0.1) is 5.41 Å². The van der Waals surface area contributed by atoms with Gasteiger partial charge in [-0.2, -0.15) is 12.6 Å². The Labute approximate surface area is 115 Å². The minimum absolute atomic E-state index is 0.0371. The fourth-order valence-electron chi connectivity index (χ4n) is 1.83. The first kappa shape index (κ1) is 15.8. The van der Waals surface area contributed by atoms with Gasteiger partial charge in [0.1, 0.15) is 0 Å². The van der Waals surface area contributed by atoms with Gasteiger partial charge in [-0.3, -0.25) is 4.79 Å². The fraction of sp³-hybridized carbons (Fsp3) is 0.909. The summed E-state index contributed by atoms with van der Waals surface area (Å²) in [5, 5.41) is 2.78. The van der Waals surface area contributed by atoms with Crippen LogP contribution >= 0.6 is 12.6 Å². The lowest BCUT2D eigenvalue weighted by Crippen LogP contribution is -2.51. The normalized spacial score (nSPS) is 18.4. The second-order valence-electron chi connectivity index (χ2n) is 5.87. The van der Waals surface area contributed by atoms with Gasteiger partial charge in [-0.05, 0) is 37.9 Å². The van der Waals surface area contributed by atoms with E-state index in [0.29, 0.717) is 6.42 Å². The molecule has 0 aromatic heterocycles. The maximum atomic E-state index is 11.7. The molecule has 7 heteroatoms. The summed E-state index contributed by atoms with van der Waals surface area (Å²) in [5.41, 5.74) is -0.595. The summed E-state index contributed by atoms with van der Waals surface area (Å²) in [6, 6.07) is 0. The van der Waals surface area contributed by atoms with Crippen LogP contribution in [0.4, 0.5) is 0 Å². The van der Waals surface area contributed by atoms with E-state index in [1.807, 2.05) is 0 Å². The van der Waals surface area contributed by atoms with Gasteiger partial charge in [-0.1, -0.05) is 0 Å². The van der Waals surface area contributed by atoms with Crippen molar-refractivity contribution in [2.45, 2.75) is 38.6 Å². The summed E-state index contributed by atoms with van der Waals surface area (Å²) in [6.07, 6.45) is 3.69. The van der Waals surface area contributed by atoms with Crippen molar-refractivity contribution >= 4 is 28.6 Å². The summed E-state index contributed by atoms with van der Waals surface area (Å²) in [6.45, 7) is 3.75. The molecule has 0 unspecified atom stereocenters. The molecule has 0 radical (unpaired) electrons. The molecule has 1 amide bonds. The topological polar surface area (TPSA) is 75.3 Å². The van der Waals surface area contributed by atoms with Crippen molar-refractivity contribution in [3.8, 4) is 0 Å². The summed E-state index contributed by atoms with van der Waals surface area (Å²) in [4.78, 5) is 11.7. The van der Waals surface area contributed by atoms with E-state index in [-0.39, 0.29) is 17.9 Å². The van der Waals surface area contributed by atoms with Gasteiger partial charge in [-0.15, -0.1) is 0 Å². The van der Waals surface area contributed by atoms with E-state index in [0.717, 1.165) is 24.9 Å². The molecular formula is C11H22N2O3S2. The smallest absolute Gasteiger partial charge is 0.220 e. The molecule has 0 spiro atoms.